The van der Waals surface area contributed by atoms with Crippen LogP contribution >= 0.6 is 0 Å². The summed E-state index contributed by atoms with van der Waals surface area (Å²) in [7, 11) is 0. The minimum Gasteiger partial charge on any atom is -0.696 e. The molecule has 6 heterocycles. The number of thiocyanates is 1. The van der Waals surface area contributed by atoms with E-state index in [9.17, 15) is 32.7 Å². The SMILES string of the molecule is CC.CCc1ccc(-c2ccc(-c3cc(C(F)(F)F)n[n-]3)nc2)[se]1.N#C[S-].O=C(O)c1ccnc(-c2cc(C(=O)O)cc(-c3cc(C(=O)O)ccn3)n2)c1.[Ru+2]. The molecule has 0 bridgehead atoms. The zero-order chi connectivity index (χ0) is 40.0. The summed E-state index contributed by atoms with van der Waals surface area (Å²) in [4.78, 5) is 50.3. The number of aromatic nitrogens is 6. The van der Waals surface area contributed by atoms with Crippen LogP contribution in [0.2, 0.25) is 0 Å². The molecule has 0 aliphatic carbocycles. The molecule has 0 radical (unpaired) electrons. The molecule has 13 nitrogen and oxygen atoms in total. The number of nitriles is 1. The normalized spacial score (nSPS) is 10.1. The Hall–Kier alpha value is -5.66. The molecule has 0 fully saturated rings. The van der Waals surface area contributed by atoms with Crippen molar-refractivity contribution in [3.8, 4) is 49.6 Å². The van der Waals surface area contributed by atoms with Gasteiger partial charge in [0.25, 0.3) is 0 Å². The van der Waals surface area contributed by atoms with Gasteiger partial charge >= 0.3 is 168 Å². The van der Waals surface area contributed by atoms with Crippen LogP contribution in [-0.2, 0) is 44.7 Å². The second-order valence-electron chi connectivity index (χ2n) is 10.2. The molecular weight excluding hydrogens is 896 g/mol. The zero-order valence-electron chi connectivity index (χ0n) is 28.8. The largest absolute Gasteiger partial charge is 2.00 e. The number of nitrogens with zero attached hydrogens (tertiary/aromatic N) is 7. The van der Waals surface area contributed by atoms with Crippen molar-refractivity contribution in [1.29, 1.82) is 5.26 Å². The first-order valence-corrected chi connectivity index (χ1v) is 17.6. The van der Waals surface area contributed by atoms with Crippen LogP contribution in [0.25, 0.3) is 44.2 Å². The summed E-state index contributed by atoms with van der Waals surface area (Å²) in [6, 6.07) is 16.3. The number of halogens is 3. The van der Waals surface area contributed by atoms with Crippen molar-refractivity contribution < 1.29 is 62.4 Å². The van der Waals surface area contributed by atoms with Gasteiger partial charge in [-0.1, -0.05) is 19.2 Å². The molecule has 0 saturated heterocycles. The molecular formula is C36H28F3N7O6RuSSe. The summed E-state index contributed by atoms with van der Waals surface area (Å²) in [5.74, 6) is -3.56. The maximum absolute atomic E-state index is 12.5. The summed E-state index contributed by atoms with van der Waals surface area (Å²) < 4.78 is 40.2. The van der Waals surface area contributed by atoms with Crippen LogP contribution < -0.4 is 5.10 Å². The quantitative estimate of drug-likeness (QED) is 0.0819. The van der Waals surface area contributed by atoms with Gasteiger partial charge in [0, 0.05) is 12.4 Å². The van der Waals surface area contributed by atoms with E-state index in [0.29, 0.717) is 20.2 Å². The summed E-state index contributed by atoms with van der Waals surface area (Å²) in [6.07, 6.45) is 0.782. The second-order valence-corrected chi connectivity index (χ2v) is 12.8. The van der Waals surface area contributed by atoms with Gasteiger partial charge in [0.05, 0.1) is 39.5 Å². The van der Waals surface area contributed by atoms with Gasteiger partial charge in [-0.3, -0.25) is 9.97 Å². The first-order chi connectivity index (χ1) is 25.7. The predicted octanol–water partition coefficient (Wildman–Crippen LogP) is 6.74. The summed E-state index contributed by atoms with van der Waals surface area (Å²) in [6.45, 7) is 6.12. The van der Waals surface area contributed by atoms with Crippen molar-refractivity contribution in [3.63, 3.8) is 0 Å². The predicted molar refractivity (Wildman–Crippen MR) is 193 cm³/mol. The van der Waals surface area contributed by atoms with Gasteiger partial charge in [-0.2, -0.15) is 0 Å². The Morgan fingerprint density at radius 2 is 1.29 bits per heavy atom. The van der Waals surface area contributed by atoms with Crippen molar-refractivity contribution in [2.75, 3.05) is 0 Å². The Labute approximate surface area is 336 Å². The molecule has 0 spiro atoms. The molecule has 6 aromatic rings. The molecule has 0 aromatic carbocycles. The van der Waals surface area contributed by atoms with Crippen molar-refractivity contribution >= 4 is 45.0 Å². The fourth-order valence-corrected chi connectivity index (χ4v) is 6.26. The Bertz CT molecular complexity index is 2200. The molecule has 19 heteroatoms. The van der Waals surface area contributed by atoms with E-state index in [1.807, 2.05) is 19.9 Å². The Balaban J connectivity index is 0.000000340. The summed E-state index contributed by atoms with van der Waals surface area (Å²) >= 11 is 4.01. The van der Waals surface area contributed by atoms with Crippen molar-refractivity contribution in [2.45, 2.75) is 33.4 Å². The fourth-order valence-electron chi connectivity index (χ4n) is 4.30. The average molecular weight is 924 g/mol. The minimum atomic E-state index is -4.48. The third kappa shape index (κ3) is 12.7. The molecule has 0 aliphatic rings. The summed E-state index contributed by atoms with van der Waals surface area (Å²) in [5, 5.41) is 42.7. The third-order valence-electron chi connectivity index (χ3n) is 6.76. The molecule has 6 rings (SSSR count). The zero-order valence-corrected chi connectivity index (χ0v) is 33.1. The number of carboxylic acid groups (broad SMARTS) is 3. The number of rotatable bonds is 8. The van der Waals surface area contributed by atoms with E-state index in [4.69, 9.17) is 15.5 Å². The van der Waals surface area contributed by atoms with Gasteiger partial charge in [-0.05, 0) is 36.4 Å². The first-order valence-electron chi connectivity index (χ1n) is 15.5. The Morgan fingerprint density at radius 3 is 1.69 bits per heavy atom. The smallest absolute Gasteiger partial charge is 0.696 e. The van der Waals surface area contributed by atoms with Crippen LogP contribution in [0.1, 0.15) is 62.0 Å². The van der Waals surface area contributed by atoms with E-state index >= 15 is 0 Å². The van der Waals surface area contributed by atoms with Gasteiger partial charge in [0.15, 0.2) is 0 Å². The van der Waals surface area contributed by atoms with Crippen LogP contribution in [0.5, 0.6) is 0 Å². The van der Waals surface area contributed by atoms with Gasteiger partial charge in [-0.25, -0.2) is 24.6 Å². The Kier molecular flexibility index (Phi) is 17.6. The molecule has 3 N–H and O–H groups in total. The van der Waals surface area contributed by atoms with Crippen molar-refractivity contribution in [3.05, 3.63) is 112 Å². The van der Waals surface area contributed by atoms with E-state index in [0.717, 1.165) is 18.1 Å². The molecule has 284 valence electrons. The van der Waals surface area contributed by atoms with Crippen LogP contribution in [0, 0.1) is 10.7 Å². The monoisotopic (exact) mass is 925 g/mol. The van der Waals surface area contributed by atoms with Crippen LogP contribution in [0.3, 0.4) is 0 Å². The van der Waals surface area contributed by atoms with E-state index in [1.165, 1.54) is 63.1 Å². The first kappa shape index (κ1) is 45.5. The van der Waals surface area contributed by atoms with E-state index < -0.39 is 29.8 Å². The van der Waals surface area contributed by atoms with E-state index in [-0.39, 0.29) is 64.6 Å². The van der Waals surface area contributed by atoms with Crippen LogP contribution in [-0.4, -0.2) is 72.8 Å². The number of aromatic carboxylic acids is 3. The van der Waals surface area contributed by atoms with Crippen molar-refractivity contribution in [1.82, 2.24) is 30.1 Å². The standard InChI is InChI=1S/C18H11N3O6.C15H11F3N3Se.C2H6.CHNS.Ru/c22-16(23)9-1-3-19-12(5-9)14-7-11(18(26)27)8-15(21-14)13-6-10(17(24)25)2-4-20-13;1-2-10-4-6-13(22-10)9-3-5-11(19-8-9)12-7-14(21-20-12)15(16,17)18;1-2;2-1-3;/h1-8H,(H,22,23)(H,24,25)(H,26,27);3-8H,2H2,1H3;1-2H3;3H;/q;-1;;;+2/p-1. The number of pyridine rings is 4. The number of alkyl halides is 3. The molecule has 0 aliphatic heterocycles. The summed E-state index contributed by atoms with van der Waals surface area (Å²) in [5.41, 5.74) is 0.906. The Morgan fingerprint density at radius 1 is 0.782 bits per heavy atom. The van der Waals surface area contributed by atoms with Crippen LogP contribution in [0.15, 0.2) is 85.3 Å². The fraction of sp³-hybridized carbons (Fsp3) is 0.139. The molecule has 0 amide bonds. The molecule has 6 aromatic heterocycles. The number of carboxylic acids is 3. The van der Waals surface area contributed by atoms with E-state index in [2.05, 4.69) is 61.8 Å². The second kappa shape index (κ2) is 21.3. The number of hydrogen-bond acceptors (Lipinski definition) is 10. The van der Waals surface area contributed by atoms with E-state index in [1.54, 1.807) is 12.3 Å². The third-order valence-corrected chi connectivity index (χ3v) is 9.44. The maximum atomic E-state index is 12.5. The number of aryl methyl sites for hydroxylation is 1. The topological polar surface area (TPSA) is 214 Å². The average Bonchev–Trinajstić information content (AvgIpc) is 3.88. The molecule has 0 unspecified atom stereocenters. The van der Waals surface area contributed by atoms with Gasteiger partial charge in [0.2, 0.25) is 0 Å². The molecule has 0 saturated carbocycles. The number of carbonyl (C=O) groups is 3. The number of hydrogen-bond donors (Lipinski definition) is 3. The minimum absolute atomic E-state index is 0. The molecule has 55 heavy (non-hydrogen) atoms. The molecule has 0 atom stereocenters. The maximum Gasteiger partial charge on any atom is 2.00 e. The van der Waals surface area contributed by atoms with Gasteiger partial charge in [-0.15, -0.1) is 0 Å². The van der Waals surface area contributed by atoms with Crippen molar-refractivity contribution in [2.24, 2.45) is 0 Å². The van der Waals surface area contributed by atoms with Gasteiger partial charge < -0.3 is 27.9 Å². The van der Waals surface area contributed by atoms with Crippen LogP contribution in [0.4, 0.5) is 13.2 Å². The van der Waals surface area contributed by atoms with Gasteiger partial charge in [0.1, 0.15) is 0 Å².